The molecular formula is C28H30N2O5. The van der Waals surface area contributed by atoms with E-state index in [-0.39, 0.29) is 18.9 Å². The van der Waals surface area contributed by atoms with Crippen LogP contribution in [0.15, 0.2) is 48.5 Å². The Labute approximate surface area is 205 Å². The number of hydrogen-bond acceptors (Lipinski definition) is 4. The highest BCUT2D eigenvalue weighted by Crippen LogP contribution is 2.44. The van der Waals surface area contributed by atoms with Crippen LogP contribution < -0.4 is 5.32 Å². The smallest absolute Gasteiger partial charge is 0.407 e. The maximum Gasteiger partial charge on any atom is 0.407 e. The lowest BCUT2D eigenvalue weighted by Crippen LogP contribution is -2.58. The number of alkyl carbamates (subject to hydrolysis) is 1. The Balaban J connectivity index is 1.46. The molecule has 1 atom stereocenters. The topological polar surface area (TPSA) is 95.9 Å². The lowest BCUT2D eigenvalue weighted by Gasteiger charge is -2.36. The van der Waals surface area contributed by atoms with Gasteiger partial charge in [0.2, 0.25) is 5.91 Å². The zero-order chi connectivity index (χ0) is 25.0. The molecule has 2 aliphatic rings. The predicted octanol–water partition coefficient (Wildman–Crippen LogP) is 4.16. The first-order valence-corrected chi connectivity index (χ1v) is 11.9. The molecule has 0 aromatic heterocycles. The van der Waals surface area contributed by atoms with Gasteiger partial charge in [-0.3, -0.25) is 4.79 Å². The largest absolute Gasteiger partial charge is 0.479 e. The summed E-state index contributed by atoms with van der Waals surface area (Å²) in [7, 11) is 1.49. The molecule has 2 aliphatic carbocycles. The number of nitrogens with zero attached hydrogens (tertiary/aromatic N) is 1. The maximum absolute atomic E-state index is 13.3. The fourth-order valence-electron chi connectivity index (χ4n) is 5.28. The van der Waals surface area contributed by atoms with Crippen LogP contribution in [0, 0.1) is 11.8 Å². The Morgan fingerprint density at radius 1 is 1.09 bits per heavy atom. The second kappa shape index (κ2) is 10.2. The Morgan fingerprint density at radius 2 is 1.66 bits per heavy atom. The van der Waals surface area contributed by atoms with Gasteiger partial charge >= 0.3 is 12.1 Å². The number of likely N-dealkylation sites (N-methyl/N-ethyl adjacent to an activating group) is 1. The summed E-state index contributed by atoms with van der Waals surface area (Å²) in [6.45, 7) is 1.77. The number of carbonyl (C=O) groups is 3. The van der Waals surface area contributed by atoms with E-state index in [1.54, 1.807) is 6.92 Å². The number of carboxylic acid groups (broad SMARTS) is 1. The number of carboxylic acids is 1. The summed E-state index contributed by atoms with van der Waals surface area (Å²) in [5, 5.41) is 12.5. The molecule has 0 radical (unpaired) electrons. The number of fused-ring (bicyclic) bond motifs is 3. The predicted molar refractivity (Wildman–Crippen MR) is 132 cm³/mol. The summed E-state index contributed by atoms with van der Waals surface area (Å²) in [6.07, 6.45) is 1.60. The van der Waals surface area contributed by atoms with E-state index < -0.39 is 29.6 Å². The number of amides is 2. The van der Waals surface area contributed by atoms with Crippen LogP contribution >= 0.6 is 0 Å². The monoisotopic (exact) mass is 474 g/mol. The summed E-state index contributed by atoms with van der Waals surface area (Å²) in [4.78, 5) is 39.4. The van der Waals surface area contributed by atoms with Crippen molar-refractivity contribution in [2.45, 2.75) is 56.5 Å². The molecule has 0 aliphatic heterocycles. The quantitative estimate of drug-likeness (QED) is 0.588. The SMILES string of the molecule is CC#CCC(NC(=O)OCC1c2ccccc2-c2ccccc21)C(=O)N(C)C1(C(=O)O)CCCC1. The lowest BCUT2D eigenvalue weighted by atomic mass is 9.94. The Kier molecular flexibility index (Phi) is 7.11. The van der Waals surface area contributed by atoms with Gasteiger partial charge in [0.25, 0.3) is 0 Å². The van der Waals surface area contributed by atoms with Crippen LogP contribution in [0.25, 0.3) is 11.1 Å². The van der Waals surface area contributed by atoms with Gasteiger partial charge in [0.1, 0.15) is 18.2 Å². The van der Waals surface area contributed by atoms with Crippen molar-refractivity contribution < 1.29 is 24.2 Å². The van der Waals surface area contributed by atoms with Crippen LogP contribution in [-0.2, 0) is 14.3 Å². The minimum atomic E-state index is -1.25. The lowest BCUT2D eigenvalue weighted by molar-refractivity contribution is -0.158. The third kappa shape index (κ3) is 4.61. The molecule has 2 amide bonds. The zero-order valence-electron chi connectivity index (χ0n) is 20.0. The van der Waals surface area contributed by atoms with E-state index in [1.165, 1.54) is 11.9 Å². The molecule has 7 nitrogen and oxygen atoms in total. The van der Waals surface area contributed by atoms with Crippen molar-refractivity contribution in [1.29, 1.82) is 0 Å². The summed E-state index contributed by atoms with van der Waals surface area (Å²) in [5.41, 5.74) is 3.18. The number of hydrogen-bond donors (Lipinski definition) is 2. The van der Waals surface area contributed by atoms with Crippen molar-refractivity contribution in [3.8, 4) is 23.0 Å². The molecule has 1 unspecified atom stereocenters. The zero-order valence-corrected chi connectivity index (χ0v) is 20.0. The van der Waals surface area contributed by atoms with E-state index in [0.717, 1.165) is 35.1 Å². The van der Waals surface area contributed by atoms with Crippen LogP contribution in [0.5, 0.6) is 0 Å². The van der Waals surface area contributed by atoms with Gasteiger partial charge in [-0.15, -0.1) is 11.8 Å². The highest BCUT2D eigenvalue weighted by atomic mass is 16.5. The highest BCUT2D eigenvalue weighted by Gasteiger charge is 2.48. The molecule has 4 rings (SSSR count). The molecule has 2 aromatic carbocycles. The number of ether oxygens (including phenoxy) is 1. The molecular weight excluding hydrogens is 444 g/mol. The normalized spacial score (nSPS) is 16.3. The van der Waals surface area contributed by atoms with Crippen molar-refractivity contribution in [3.05, 3.63) is 59.7 Å². The molecule has 35 heavy (non-hydrogen) atoms. The van der Waals surface area contributed by atoms with Gasteiger partial charge in [-0.05, 0) is 42.0 Å². The summed E-state index contributed by atoms with van der Waals surface area (Å²) >= 11 is 0. The van der Waals surface area contributed by atoms with Gasteiger partial charge in [0.05, 0.1) is 0 Å². The van der Waals surface area contributed by atoms with Crippen LogP contribution in [0.1, 0.15) is 56.1 Å². The number of nitrogens with one attached hydrogen (secondary N) is 1. The molecule has 0 heterocycles. The van der Waals surface area contributed by atoms with Crippen LogP contribution in [0.2, 0.25) is 0 Å². The summed E-state index contributed by atoms with van der Waals surface area (Å²) < 4.78 is 5.59. The molecule has 0 spiro atoms. The van der Waals surface area contributed by atoms with Gasteiger partial charge in [0.15, 0.2) is 0 Å². The first-order valence-electron chi connectivity index (χ1n) is 11.9. The van der Waals surface area contributed by atoms with E-state index in [9.17, 15) is 19.5 Å². The van der Waals surface area contributed by atoms with Crippen LogP contribution in [0.3, 0.4) is 0 Å². The first-order chi connectivity index (χ1) is 16.9. The van der Waals surface area contributed by atoms with E-state index in [0.29, 0.717) is 12.8 Å². The third-order valence-electron chi connectivity index (χ3n) is 7.22. The molecule has 2 N–H and O–H groups in total. The number of carbonyl (C=O) groups excluding carboxylic acids is 2. The highest BCUT2D eigenvalue weighted by molar-refractivity contribution is 5.91. The maximum atomic E-state index is 13.3. The van der Waals surface area contributed by atoms with Gasteiger partial charge in [-0.2, -0.15) is 0 Å². The molecule has 0 saturated heterocycles. The van der Waals surface area contributed by atoms with Gasteiger partial charge in [-0.1, -0.05) is 61.4 Å². The van der Waals surface area contributed by atoms with E-state index in [1.807, 2.05) is 36.4 Å². The fourth-order valence-corrected chi connectivity index (χ4v) is 5.28. The van der Waals surface area contributed by atoms with Gasteiger partial charge in [-0.25, -0.2) is 9.59 Å². The molecule has 2 aromatic rings. The number of benzene rings is 2. The van der Waals surface area contributed by atoms with Crippen LogP contribution in [0.4, 0.5) is 4.79 Å². The molecule has 1 saturated carbocycles. The Bertz CT molecular complexity index is 1140. The van der Waals surface area contributed by atoms with Crippen molar-refractivity contribution >= 4 is 18.0 Å². The van der Waals surface area contributed by atoms with E-state index >= 15 is 0 Å². The molecule has 182 valence electrons. The standard InChI is InChI=1S/C28H30N2O5/c1-3-4-15-24(25(31)30(2)28(26(32)33)16-9-10-17-28)29-27(34)35-18-23-21-13-7-5-11-19(21)20-12-6-8-14-22(20)23/h5-8,11-14,23-24H,9-10,15-18H2,1-2H3,(H,29,34)(H,32,33). The van der Waals surface area contributed by atoms with Gasteiger partial charge in [0, 0.05) is 19.4 Å². The molecule has 7 heteroatoms. The first kappa shape index (κ1) is 24.3. The Morgan fingerprint density at radius 3 is 2.20 bits per heavy atom. The third-order valence-corrected chi connectivity index (χ3v) is 7.22. The second-order valence-electron chi connectivity index (χ2n) is 9.09. The van der Waals surface area contributed by atoms with Crippen molar-refractivity contribution in [1.82, 2.24) is 10.2 Å². The number of aliphatic carboxylic acids is 1. The average Bonchev–Trinajstić information content (AvgIpc) is 3.49. The summed E-state index contributed by atoms with van der Waals surface area (Å²) in [5.74, 6) is 3.96. The van der Waals surface area contributed by atoms with Crippen molar-refractivity contribution in [2.75, 3.05) is 13.7 Å². The van der Waals surface area contributed by atoms with Crippen LogP contribution in [-0.4, -0.2) is 53.2 Å². The number of rotatable bonds is 7. The fraction of sp³-hybridized carbons (Fsp3) is 0.393. The average molecular weight is 475 g/mol. The second-order valence-corrected chi connectivity index (χ2v) is 9.09. The van der Waals surface area contributed by atoms with Crippen molar-refractivity contribution in [2.24, 2.45) is 0 Å². The molecule has 0 bridgehead atoms. The Hall–Kier alpha value is -3.79. The minimum absolute atomic E-state index is 0.0690. The molecule has 1 fully saturated rings. The minimum Gasteiger partial charge on any atom is -0.479 e. The summed E-state index contributed by atoms with van der Waals surface area (Å²) in [6, 6.07) is 15.1. The van der Waals surface area contributed by atoms with Gasteiger partial charge < -0.3 is 20.1 Å². The van der Waals surface area contributed by atoms with E-state index in [4.69, 9.17) is 4.74 Å². The van der Waals surface area contributed by atoms with E-state index in [2.05, 4.69) is 29.3 Å². The van der Waals surface area contributed by atoms with Crippen molar-refractivity contribution in [3.63, 3.8) is 0 Å².